The normalized spacial score (nSPS) is 11.5. The Morgan fingerprint density at radius 3 is 2.28 bits per heavy atom. The first-order valence-corrected chi connectivity index (χ1v) is 8.13. The Labute approximate surface area is 149 Å². The fourth-order valence-electron chi connectivity index (χ4n) is 2.74. The van der Waals surface area contributed by atoms with Gasteiger partial charge in [-0.05, 0) is 31.0 Å². The predicted octanol–water partition coefficient (Wildman–Crippen LogP) is 3.30. The summed E-state index contributed by atoms with van der Waals surface area (Å²) >= 11 is 0. The molecule has 0 heterocycles. The van der Waals surface area contributed by atoms with Gasteiger partial charge in [0.25, 0.3) is 0 Å². The van der Waals surface area contributed by atoms with Crippen molar-refractivity contribution in [3.8, 4) is 23.3 Å². The molecule has 2 aromatic carbocycles. The van der Waals surface area contributed by atoms with Crippen molar-refractivity contribution in [2.75, 3.05) is 21.3 Å². The fraction of sp³-hybridized carbons (Fsp3) is 0.350. The molecule has 1 atom stereocenters. The monoisotopic (exact) mass is 340 g/mol. The number of benzene rings is 2. The number of nitrogens with zero attached hydrogens (tertiary/aromatic N) is 1. The largest absolute Gasteiger partial charge is 0.496 e. The van der Waals surface area contributed by atoms with Crippen molar-refractivity contribution in [3.63, 3.8) is 0 Å². The lowest BCUT2D eigenvalue weighted by Crippen LogP contribution is -2.28. The molecule has 0 aromatic heterocycles. The molecule has 25 heavy (non-hydrogen) atoms. The molecule has 0 radical (unpaired) electrons. The minimum atomic E-state index is 0.205. The van der Waals surface area contributed by atoms with Crippen LogP contribution in [0, 0.1) is 11.3 Å². The van der Waals surface area contributed by atoms with Gasteiger partial charge >= 0.3 is 0 Å². The first-order valence-electron chi connectivity index (χ1n) is 8.13. The van der Waals surface area contributed by atoms with E-state index in [-0.39, 0.29) is 6.04 Å². The van der Waals surface area contributed by atoms with Crippen LogP contribution in [-0.4, -0.2) is 27.4 Å². The van der Waals surface area contributed by atoms with E-state index in [0.29, 0.717) is 23.6 Å². The van der Waals surface area contributed by atoms with E-state index < -0.39 is 0 Å². The molecule has 0 aliphatic carbocycles. The average Bonchev–Trinajstić information content (AvgIpc) is 2.66. The highest BCUT2D eigenvalue weighted by molar-refractivity contribution is 5.52. The van der Waals surface area contributed by atoms with E-state index in [0.717, 1.165) is 23.3 Å². The standard InChI is InChI=1S/C20H24N2O3/c1-14(22-13-15-7-5-6-8-18(15)23-2)9-16-10-20(25-4)17(12-21)11-19(16)24-3/h5-8,10-11,14,22H,9,13H2,1-4H3. The van der Waals surface area contributed by atoms with Crippen molar-refractivity contribution in [1.82, 2.24) is 5.32 Å². The highest BCUT2D eigenvalue weighted by atomic mass is 16.5. The number of methoxy groups -OCH3 is 3. The summed E-state index contributed by atoms with van der Waals surface area (Å²) < 4.78 is 16.1. The molecular formula is C20H24N2O3. The second-order valence-electron chi connectivity index (χ2n) is 5.77. The summed E-state index contributed by atoms with van der Waals surface area (Å²) in [4.78, 5) is 0. The maximum Gasteiger partial charge on any atom is 0.137 e. The van der Waals surface area contributed by atoms with E-state index in [1.165, 1.54) is 0 Å². The van der Waals surface area contributed by atoms with Crippen LogP contribution in [0.1, 0.15) is 23.6 Å². The molecule has 0 saturated carbocycles. The van der Waals surface area contributed by atoms with Crippen molar-refractivity contribution in [1.29, 1.82) is 5.26 Å². The summed E-state index contributed by atoms with van der Waals surface area (Å²) in [6.45, 7) is 2.82. The number of rotatable bonds is 8. The second kappa shape index (κ2) is 8.95. The number of hydrogen-bond acceptors (Lipinski definition) is 5. The molecule has 0 amide bonds. The van der Waals surface area contributed by atoms with Crippen LogP contribution in [0.5, 0.6) is 17.2 Å². The molecule has 0 aliphatic heterocycles. The van der Waals surface area contributed by atoms with Gasteiger partial charge in [-0.3, -0.25) is 0 Å². The summed E-state index contributed by atoms with van der Waals surface area (Å²) in [6.07, 6.45) is 0.750. The maximum atomic E-state index is 9.19. The Morgan fingerprint density at radius 1 is 0.960 bits per heavy atom. The topological polar surface area (TPSA) is 63.5 Å². The Balaban J connectivity index is 2.09. The number of ether oxygens (including phenoxy) is 3. The number of nitrogens with one attached hydrogen (secondary N) is 1. The molecule has 5 heteroatoms. The van der Waals surface area contributed by atoms with Gasteiger partial charge in [-0.2, -0.15) is 5.26 Å². The van der Waals surface area contributed by atoms with Crippen molar-refractivity contribution in [2.24, 2.45) is 0 Å². The van der Waals surface area contributed by atoms with E-state index in [1.807, 2.05) is 30.3 Å². The quantitative estimate of drug-likeness (QED) is 0.799. The third kappa shape index (κ3) is 4.65. The highest BCUT2D eigenvalue weighted by Gasteiger charge is 2.14. The molecule has 0 spiro atoms. The van der Waals surface area contributed by atoms with Gasteiger partial charge in [-0.25, -0.2) is 0 Å². The molecule has 2 rings (SSSR count). The minimum absolute atomic E-state index is 0.205. The van der Waals surface area contributed by atoms with Crippen LogP contribution < -0.4 is 19.5 Å². The molecule has 0 saturated heterocycles. The van der Waals surface area contributed by atoms with E-state index in [1.54, 1.807) is 27.4 Å². The zero-order valence-electron chi connectivity index (χ0n) is 15.1. The average molecular weight is 340 g/mol. The lowest BCUT2D eigenvalue weighted by atomic mass is 10.0. The van der Waals surface area contributed by atoms with Crippen molar-refractivity contribution >= 4 is 0 Å². The third-order valence-electron chi connectivity index (χ3n) is 4.08. The Hall–Kier alpha value is -2.71. The summed E-state index contributed by atoms with van der Waals surface area (Å²) in [7, 11) is 4.85. The van der Waals surface area contributed by atoms with E-state index >= 15 is 0 Å². The van der Waals surface area contributed by atoms with Gasteiger partial charge in [0.05, 0.1) is 26.9 Å². The summed E-state index contributed by atoms with van der Waals surface area (Å²) in [5, 5.41) is 12.7. The molecule has 0 fully saturated rings. The van der Waals surface area contributed by atoms with Crippen LogP contribution in [0.2, 0.25) is 0 Å². The lowest BCUT2D eigenvalue weighted by Gasteiger charge is -2.18. The minimum Gasteiger partial charge on any atom is -0.496 e. The zero-order chi connectivity index (χ0) is 18.2. The van der Waals surface area contributed by atoms with Gasteiger partial charge in [-0.15, -0.1) is 0 Å². The highest BCUT2D eigenvalue weighted by Crippen LogP contribution is 2.29. The SMILES string of the molecule is COc1cc(CC(C)NCc2ccccc2OC)c(OC)cc1C#N. The predicted molar refractivity (Wildman–Crippen MR) is 97.3 cm³/mol. The number of hydrogen-bond donors (Lipinski definition) is 1. The van der Waals surface area contributed by atoms with Gasteiger partial charge in [0.2, 0.25) is 0 Å². The lowest BCUT2D eigenvalue weighted by molar-refractivity contribution is 0.393. The van der Waals surface area contributed by atoms with Crippen molar-refractivity contribution in [3.05, 3.63) is 53.1 Å². The summed E-state index contributed by atoms with van der Waals surface area (Å²) in [5.41, 5.74) is 2.58. The molecule has 1 unspecified atom stereocenters. The van der Waals surface area contributed by atoms with E-state index in [9.17, 15) is 5.26 Å². The van der Waals surface area contributed by atoms with Gasteiger partial charge in [0, 0.05) is 24.2 Å². The van der Waals surface area contributed by atoms with Crippen LogP contribution in [0.25, 0.3) is 0 Å². The third-order valence-corrected chi connectivity index (χ3v) is 4.08. The first-order chi connectivity index (χ1) is 12.1. The van der Waals surface area contributed by atoms with Crippen LogP contribution >= 0.6 is 0 Å². The van der Waals surface area contributed by atoms with E-state index in [4.69, 9.17) is 14.2 Å². The Morgan fingerprint density at radius 2 is 1.64 bits per heavy atom. The van der Waals surface area contributed by atoms with Crippen molar-refractivity contribution in [2.45, 2.75) is 25.9 Å². The fourth-order valence-corrected chi connectivity index (χ4v) is 2.74. The van der Waals surface area contributed by atoms with Crippen LogP contribution in [0.3, 0.4) is 0 Å². The molecule has 132 valence electrons. The first kappa shape index (κ1) is 18.6. The summed E-state index contributed by atoms with van der Waals surface area (Å²) in [5.74, 6) is 2.14. The van der Waals surface area contributed by atoms with Crippen LogP contribution in [-0.2, 0) is 13.0 Å². The molecule has 0 aliphatic rings. The molecular weight excluding hydrogens is 316 g/mol. The zero-order valence-corrected chi connectivity index (χ0v) is 15.1. The second-order valence-corrected chi connectivity index (χ2v) is 5.77. The Kier molecular flexibility index (Phi) is 6.67. The van der Waals surface area contributed by atoms with E-state index in [2.05, 4.69) is 18.3 Å². The van der Waals surface area contributed by atoms with Gasteiger partial charge in [-0.1, -0.05) is 18.2 Å². The van der Waals surface area contributed by atoms with Gasteiger partial charge < -0.3 is 19.5 Å². The summed E-state index contributed by atoms with van der Waals surface area (Å²) in [6, 6.07) is 13.9. The molecule has 1 N–H and O–H groups in total. The van der Waals surface area contributed by atoms with Gasteiger partial charge in [0.15, 0.2) is 0 Å². The van der Waals surface area contributed by atoms with Crippen LogP contribution in [0.15, 0.2) is 36.4 Å². The molecule has 0 bridgehead atoms. The van der Waals surface area contributed by atoms with Gasteiger partial charge in [0.1, 0.15) is 23.3 Å². The number of para-hydroxylation sites is 1. The number of nitriles is 1. The Bertz CT molecular complexity index is 753. The van der Waals surface area contributed by atoms with Crippen molar-refractivity contribution < 1.29 is 14.2 Å². The smallest absolute Gasteiger partial charge is 0.137 e. The maximum absolute atomic E-state index is 9.19. The molecule has 2 aromatic rings. The van der Waals surface area contributed by atoms with Crippen LogP contribution in [0.4, 0.5) is 0 Å². The molecule has 5 nitrogen and oxygen atoms in total.